The quantitative estimate of drug-likeness (QED) is 0.485. The summed E-state index contributed by atoms with van der Waals surface area (Å²) < 4.78 is 45.6. The van der Waals surface area contributed by atoms with Crippen LogP contribution in [0.1, 0.15) is 40.5 Å². The molecular formula is C16H29ClO5S2. The van der Waals surface area contributed by atoms with Crippen LogP contribution in [0.15, 0.2) is 0 Å². The van der Waals surface area contributed by atoms with E-state index in [-0.39, 0.29) is 41.1 Å². The molecule has 0 N–H and O–H groups in total. The van der Waals surface area contributed by atoms with Gasteiger partial charge in [0, 0.05) is 0 Å². The van der Waals surface area contributed by atoms with Crippen molar-refractivity contribution in [2.24, 2.45) is 35.0 Å². The van der Waals surface area contributed by atoms with E-state index < -0.39 is 21.2 Å². The number of halogens is 1. The van der Waals surface area contributed by atoms with Crippen molar-refractivity contribution < 1.29 is 21.0 Å². The summed E-state index contributed by atoms with van der Waals surface area (Å²) in [6.45, 7) is 8.83. The molecule has 0 amide bonds. The van der Waals surface area contributed by atoms with Crippen LogP contribution in [0.5, 0.6) is 0 Å². The SMILES string of the molecule is CC(C)[C@@H]1C[C@@H]2[C@H](C)[C@H](OS(=O)CCl)[C@H]1C[C@@]2(C)COS(C)(=O)=O. The normalized spacial score (nSPS) is 40.9. The number of alkyl halides is 1. The van der Waals surface area contributed by atoms with Gasteiger partial charge in [0.15, 0.2) is 11.1 Å². The van der Waals surface area contributed by atoms with Crippen molar-refractivity contribution in [3.63, 3.8) is 0 Å². The second-order valence-corrected chi connectivity index (χ2v) is 11.4. The molecule has 0 saturated heterocycles. The average molecular weight is 401 g/mol. The number of hydrogen-bond acceptors (Lipinski definition) is 5. The Bertz CT molecular complexity index is 579. The molecular weight excluding hydrogens is 372 g/mol. The fraction of sp³-hybridized carbons (Fsp3) is 1.00. The van der Waals surface area contributed by atoms with Gasteiger partial charge in [-0.25, -0.2) is 4.21 Å². The van der Waals surface area contributed by atoms with Crippen LogP contribution >= 0.6 is 11.6 Å². The first-order chi connectivity index (χ1) is 11.0. The average Bonchev–Trinajstić information content (AvgIpc) is 2.47. The molecule has 3 saturated carbocycles. The molecule has 3 aliphatic rings. The first kappa shape index (κ1) is 20.6. The van der Waals surface area contributed by atoms with E-state index in [1.807, 2.05) is 0 Å². The first-order valence-electron chi connectivity index (χ1n) is 8.44. The molecule has 0 radical (unpaired) electrons. The molecule has 0 aromatic carbocycles. The Morgan fingerprint density at radius 2 is 2.00 bits per heavy atom. The zero-order valence-electron chi connectivity index (χ0n) is 15.0. The molecule has 142 valence electrons. The lowest BCUT2D eigenvalue weighted by Crippen LogP contribution is -2.59. The number of rotatable bonds is 7. The van der Waals surface area contributed by atoms with Crippen LogP contribution in [-0.4, -0.2) is 36.8 Å². The maximum Gasteiger partial charge on any atom is 0.264 e. The smallest absolute Gasteiger partial charge is 0.264 e. The summed E-state index contributed by atoms with van der Waals surface area (Å²) in [6.07, 6.45) is 2.85. The summed E-state index contributed by atoms with van der Waals surface area (Å²) >= 11 is 4.18. The minimum Gasteiger partial charge on any atom is -0.286 e. The van der Waals surface area contributed by atoms with Crippen LogP contribution in [0.2, 0.25) is 0 Å². The molecule has 8 heteroatoms. The summed E-state index contributed by atoms with van der Waals surface area (Å²) in [7, 11) is -3.46. The summed E-state index contributed by atoms with van der Waals surface area (Å²) in [6, 6.07) is 0. The Balaban J connectivity index is 2.25. The predicted molar refractivity (Wildman–Crippen MR) is 96.3 cm³/mol. The molecule has 0 aliphatic heterocycles. The van der Waals surface area contributed by atoms with E-state index in [0.717, 1.165) is 19.1 Å². The monoisotopic (exact) mass is 400 g/mol. The van der Waals surface area contributed by atoms with Gasteiger partial charge >= 0.3 is 0 Å². The van der Waals surface area contributed by atoms with Gasteiger partial charge in [0.05, 0.1) is 19.0 Å². The van der Waals surface area contributed by atoms with E-state index >= 15 is 0 Å². The molecule has 1 unspecified atom stereocenters. The highest BCUT2D eigenvalue weighted by atomic mass is 35.5. The van der Waals surface area contributed by atoms with Crippen molar-refractivity contribution in [2.45, 2.75) is 46.6 Å². The van der Waals surface area contributed by atoms with E-state index in [1.54, 1.807) is 0 Å². The lowest BCUT2D eigenvalue weighted by atomic mass is 9.47. The minimum atomic E-state index is -3.46. The van der Waals surface area contributed by atoms with Crippen LogP contribution < -0.4 is 0 Å². The van der Waals surface area contributed by atoms with Gasteiger partial charge in [0.25, 0.3) is 10.1 Å². The van der Waals surface area contributed by atoms with Crippen LogP contribution in [0.3, 0.4) is 0 Å². The zero-order valence-corrected chi connectivity index (χ0v) is 17.4. The van der Waals surface area contributed by atoms with Gasteiger partial charge in [0.2, 0.25) is 0 Å². The topological polar surface area (TPSA) is 69.7 Å². The highest BCUT2D eigenvalue weighted by molar-refractivity contribution is 7.86. The van der Waals surface area contributed by atoms with Crippen molar-refractivity contribution in [1.82, 2.24) is 0 Å². The third-order valence-electron chi connectivity index (χ3n) is 6.01. The lowest BCUT2D eigenvalue weighted by Gasteiger charge is -2.60. The van der Waals surface area contributed by atoms with Crippen molar-refractivity contribution in [3.8, 4) is 0 Å². The second-order valence-electron chi connectivity index (χ2n) is 8.07. The zero-order chi connectivity index (χ0) is 18.3. The van der Waals surface area contributed by atoms with E-state index in [1.165, 1.54) is 0 Å². The summed E-state index contributed by atoms with van der Waals surface area (Å²) in [4.78, 5) is 0. The molecule has 3 rings (SSSR count). The van der Waals surface area contributed by atoms with Crippen molar-refractivity contribution in [3.05, 3.63) is 0 Å². The Morgan fingerprint density at radius 3 is 2.50 bits per heavy atom. The maximum absolute atomic E-state index is 11.8. The van der Waals surface area contributed by atoms with Gasteiger partial charge in [-0.05, 0) is 47.8 Å². The minimum absolute atomic E-state index is 0.0264. The highest BCUT2D eigenvalue weighted by Gasteiger charge is 2.57. The Labute approximate surface area is 153 Å². The van der Waals surface area contributed by atoms with Crippen LogP contribution in [0, 0.1) is 35.0 Å². The first-order valence-corrected chi connectivity index (χ1v) is 12.0. The van der Waals surface area contributed by atoms with Gasteiger partial charge in [0.1, 0.15) is 5.21 Å². The standard InChI is InChI=1S/C16H29ClO5S2/c1-10(2)12-6-14-11(3)15(22-23(18)9-17)13(12)7-16(14,4)8-21-24(5,19)20/h10-15H,6-9H2,1-5H3/t11-,12-,13-,14+,15-,16-,23?/m0/s1. The molecule has 3 aliphatic carbocycles. The molecule has 0 spiro atoms. The third kappa shape index (κ3) is 4.34. The molecule has 2 bridgehead atoms. The highest BCUT2D eigenvalue weighted by Crippen LogP contribution is 2.59. The third-order valence-corrected chi connectivity index (χ3v) is 7.71. The van der Waals surface area contributed by atoms with E-state index in [4.69, 9.17) is 20.0 Å². The van der Waals surface area contributed by atoms with E-state index in [9.17, 15) is 12.6 Å². The maximum atomic E-state index is 11.8. The molecule has 0 aromatic rings. The largest absolute Gasteiger partial charge is 0.286 e. The second kappa shape index (κ2) is 7.51. The van der Waals surface area contributed by atoms with Crippen molar-refractivity contribution in [2.75, 3.05) is 18.1 Å². The van der Waals surface area contributed by atoms with Crippen LogP contribution in [-0.2, 0) is 29.6 Å². The fourth-order valence-corrected chi connectivity index (χ4v) is 6.16. The molecule has 7 atom stereocenters. The van der Waals surface area contributed by atoms with Crippen molar-refractivity contribution in [1.29, 1.82) is 0 Å². The van der Waals surface area contributed by atoms with Gasteiger partial charge in [-0.3, -0.25) is 8.37 Å². The Morgan fingerprint density at radius 1 is 1.38 bits per heavy atom. The van der Waals surface area contributed by atoms with E-state index in [0.29, 0.717) is 11.8 Å². The number of fused-ring (bicyclic) bond motifs is 3. The van der Waals surface area contributed by atoms with Crippen molar-refractivity contribution >= 4 is 32.8 Å². The lowest BCUT2D eigenvalue weighted by molar-refractivity contribution is -0.151. The Hall–Kier alpha value is 0.310. The van der Waals surface area contributed by atoms with Gasteiger partial charge < -0.3 is 0 Å². The van der Waals surface area contributed by atoms with E-state index in [2.05, 4.69) is 27.7 Å². The van der Waals surface area contributed by atoms with Gasteiger partial charge in [-0.1, -0.05) is 27.7 Å². The fourth-order valence-electron chi connectivity index (χ4n) is 4.90. The van der Waals surface area contributed by atoms with Crippen LogP contribution in [0.4, 0.5) is 0 Å². The molecule has 5 nitrogen and oxygen atoms in total. The molecule has 3 fully saturated rings. The molecule has 24 heavy (non-hydrogen) atoms. The number of hydrogen-bond donors (Lipinski definition) is 0. The Kier molecular flexibility index (Phi) is 6.45. The summed E-state index contributed by atoms with van der Waals surface area (Å²) in [5.41, 5.74) is -0.207. The van der Waals surface area contributed by atoms with Gasteiger partial charge in [-0.15, -0.1) is 11.6 Å². The summed E-state index contributed by atoms with van der Waals surface area (Å²) in [5.74, 6) is 1.69. The molecule has 0 heterocycles. The summed E-state index contributed by atoms with van der Waals surface area (Å²) in [5, 5.41) is -0.0264. The van der Waals surface area contributed by atoms with Gasteiger partial charge in [-0.2, -0.15) is 8.42 Å². The predicted octanol–water partition coefficient (Wildman–Crippen LogP) is 3.16. The molecule has 0 aromatic heterocycles. The van der Waals surface area contributed by atoms with Crippen LogP contribution in [0.25, 0.3) is 0 Å².